The van der Waals surface area contributed by atoms with E-state index in [9.17, 15) is 4.79 Å². The van der Waals surface area contributed by atoms with E-state index in [0.29, 0.717) is 10.8 Å². The molecule has 2 N–H and O–H groups in total. The van der Waals surface area contributed by atoms with Crippen molar-refractivity contribution >= 4 is 29.0 Å². The van der Waals surface area contributed by atoms with Crippen molar-refractivity contribution in [2.45, 2.75) is 13.0 Å². The van der Waals surface area contributed by atoms with Crippen LogP contribution >= 0.6 is 11.6 Å². The molecule has 1 aromatic heterocycles. The molecule has 0 aliphatic rings. The first-order chi connectivity index (χ1) is 9.15. The number of amides is 1. The number of hydrogen-bond donors (Lipinski definition) is 2. The number of hydrogen-bond acceptors (Lipinski definition) is 3. The second-order valence-corrected chi connectivity index (χ2v) is 4.52. The monoisotopic (exact) mass is 275 g/mol. The number of carbonyl (C=O) groups excluding carboxylic acids is 1. The maximum Gasteiger partial charge on any atom is 0.247 e. The predicted octanol–water partition coefficient (Wildman–Crippen LogP) is 3.17. The van der Waals surface area contributed by atoms with Crippen LogP contribution in [0.15, 0.2) is 48.7 Å². The number of anilines is 2. The van der Waals surface area contributed by atoms with Gasteiger partial charge in [-0.15, -0.1) is 0 Å². The summed E-state index contributed by atoms with van der Waals surface area (Å²) in [7, 11) is 0. The number of benzene rings is 1. The van der Waals surface area contributed by atoms with Crippen molar-refractivity contribution in [3.8, 4) is 0 Å². The van der Waals surface area contributed by atoms with Gasteiger partial charge < -0.3 is 10.6 Å². The number of nitrogens with one attached hydrogen (secondary N) is 2. The molecule has 2 rings (SSSR count). The third kappa shape index (κ3) is 3.96. The summed E-state index contributed by atoms with van der Waals surface area (Å²) in [5.74, 6) is 0.329. The van der Waals surface area contributed by atoms with Crippen LogP contribution < -0.4 is 10.6 Å². The zero-order valence-corrected chi connectivity index (χ0v) is 11.2. The lowest BCUT2D eigenvalue weighted by molar-refractivity contribution is -0.116. The fourth-order valence-electron chi connectivity index (χ4n) is 1.53. The number of carbonyl (C=O) groups is 1. The van der Waals surface area contributed by atoms with Crippen LogP contribution in [0.2, 0.25) is 5.02 Å². The van der Waals surface area contributed by atoms with Crippen LogP contribution in [-0.2, 0) is 4.79 Å². The molecular formula is C14H14ClN3O. The molecule has 2 aromatic rings. The van der Waals surface area contributed by atoms with Gasteiger partial charge in [0.15, 0.2) is 0 Å². The fourth-order valence-corrected chi connectivity index (χ4v) is 1.65. The Hall–Kier alpha value is -2.07. The molecule has 1 amide bonds. The minimum Gasteiger partial charge on any atom is -0.374 e. The highest BCUT2D eigenvalue weighted by Crippen LogP contribution is 2.11. The summed E-state index contributed by atoms with van der Waals surface area (Å²) in [5, 5.41) is 6.36. The quantitative estimate of drug-likeness (QED) is 0.901. The predicted molar refractivity (Wildman–Crippen MR) is 77.4 cm³/mol. The smallest absolute Gasteiger partial charge is 0.247 e. The fraction of sp³-hybridized carbons (Fsp3) is 0.143. The average molecular weight is 276 g/mol. The van der Waals surface area contributed by atoms with E-state index in [2.05, 4.69) is 15.6 Å². The minimum absolute atomic E-state index is 0.154. The molecule has 0 fully saturated rings. The van der Waals surface area contributed by atoms with Crippen molar-refractivity contribution in [1.29, 1.82) is 0 Å². The van der Waals surface area contributed by atoms with Crippen molar-refractivity contribution < 1.29 is 4.79 Å². The van der Waals surface area contributed by atoms with Gasteiger partial charge in [-0.25, -0.2) is 4.98 Å². The maximum atomic E-state index is 12.0. The zero-order chi connectivity index (χ0) is 13.7. The van der Waals surface area contributed by atoms with Crippen molar-refractivity contribution in [3.63, 3.8) is 0 Å². The van der Waals surface area contributed by atoms with Crippen molar-refractivity contribution in [3.05, 3.63) is 53.7 Å². The number of halogens is 1. The summed E-state index contributed by atoms with van der Waals surface area (Å²) in [6.45, 7) is 1.79. The number of nitrogens with zero attached hydrogens (tertiary/aromatic N) is 1. The topological polar surface area (TPSA) is 54.0 Å². The Balaban J connectivity index is 1.94. The molecule has 0 bridgehead atoms. The van der Waals surface area contributed by atoms with Crippen LogP contribution in [0.4, 0.5) is 11.5 Å². The first-order valence-electron chi connectivity index (χ1n) is 5.89. The first-order valence-corrected chi connectivity index (χ1v) is 6.27. The molecule has 0 unspecified atom stereocenters. The highest BCUT2D eigenvalue weighted by Gasteiger charge is 2.12. The maximum absolute atomic E-state index is 12.0. The van der Waals surface area contributed by atoms with E-state index < -0.39 is 0 Å². The van der Waals surface area contributed by atoms with E-state index in [1.807, 2.05) is 30.3 Å². The average Bonchev–Trinajstić information content (AvgIpc) is 2.42. The van der Waals surface area contributed by atoms with Gasteiger partial charge in [-0.2, -0.15) is 0 Å². The van der Waals surface area contributed by atoms with E-state index in [1.165, 1.54) is 6.20 Å². The van der Waals surface area contributed by atoms with E-state index in [1.54, 1.807) is 19.1 Å². The number of rotatable bonds is 4. The van der Waals surface area contributed by atoms with E-state index in [-0.39, 0.29) is 11.9 Å². The SMILES string of the molecule is C[C@@H](Nc1ccccc1)C(=O)Nc1ccc(Cl)cn1. The number of aromatic nitrogens is 1. The molecule has 0 radical (unpaired) electrons. The van der Waals surface area contributed by atoms with Crippen molar-refractivity contribution in [1.82, 2.24) is 4.98 Å². The van der Waals surface area contributed by atoms with E-state index in [4.69, 9.17) is 11.6 Å². The standard InChI is InChI=1S/C14H14ClN3O/c1-10(17-12-5-3-2-4-6-12)14(19)18-13-8-7-11(15)9-16-13/h2-10,17H,1H3,(H,16,18,19)/t10-/m1/s1. The van der Waals surface area contributed by atoms with Crippen molar-refractivity contribution in [2.75, 3.05) is 10.6 Å². The van der Waals surface area contributed by atoms with Gasteiger partial charge in [-0.1, -0.05) is 29.8 Å². The number of pyridine rings is 1. The summed E-state index contributed by atoms with van der Waals surface area (Å²) >= 11 is 5.73. The molecule has 1 heterocycles. The summed E-state index contributed by atoms with van der Waals surface area (Å²) in [6.07, 6.45) is 1.49. The summed E-state index contributed by atoms with van der Waals surface area (Å²) in [6, 6.07) is 12.5. The molecule has 5 heteroatoms. The normalized spacial score (nSPS) is 11.7. The summed E-state index contributed by atoms with van der Waals surface area (Å²) in [5.41, 5.74) is 0.897. The Morgan fingerprint density at radius 1 is 1.21 bits per heavy atom. The minimum atomic E-state index is -0.361. The van der Waals surface area contributed by atoms with Crippen LogP contribution in [0, 0.1) is 0 Å². The second-order valence-electron chi connectivity index (χ2n) is 4.08. The highest BCUT2D eigenvalue weighted by molar-refractivity contribution is 6.30. The van der Waals surface area contributed by atoms with Crippen LogP contribution in [0.5, 0.6) is 0 Å². The lowest BCUT2D eigenvalue weighted by Crippen LogP contribution is -2.32. The molecule has 0 saturated carbocycles. The van der Waals surface area contributed by atoms with Crippen molar-refractivity contribution in [2.24, 2.45) is 0 Å². The third-order valence-corrected chi connectivity index (χ3v) is 2.75. The van der Waals surface area contributed by atoms with Crippen LogP contribution in [0.3, 0.4) is 0 Å². The second kappa shape index (κ2) is 6.20. The zero-order valence-electron chi connectivity index (χ0n) is 10.4. The Morgan fingerprint density at radius 2 is 1.95 bits per heavy atom. The molecule has 0 spiro atoms. The Bertz CT molecular complexity index is 542. The summed E-state index contributed by atoms with van der Waals surface area (Å²) in [4.78, 5) is 16.0. The van der Waals surface area contributed by atoms with Gasteiger partial charge in [0.05, 0.1) is 5.02 Å². The molecule has 19 heavy (non-hydrogen) atoms. The molecule has 1 atom stereocenters. The molecule has 0 aliphatic heterocycles. The third-order valence-electron chi connectivity index (χ3n) is 2.53. The first kappa shape index (κ1) is 13.4. The Morgan fingerprint density at radius 3 is 2.58 bits per heavy atom. The molecule has 4 nitrogen and oxygen atoms in total. The highest BCUT2D eigenvalue weighted by atomic mass is 35.5. The Kier molecular flexibility index (Phi) is 4.36. The van der Waals surface area contributed by atoms with Gasteiger partial charge in [-0.05, 0) is 31.2 Å². The van der Waals surface area contributed by atoms with Gasteiger partial charge in [0.1, 0.15) is 11.9 Å². The van der Waals surface area contributed by atoms with Gasteiger partial charge in [0, 0.05) is 11.9 Å². The lowest BCUT2D eigenvalue weighted by atomic mass is 10.2. The van der Waals surface area contributed by atoms with Gasteiger partial charge in [0.2, 0.25) is 5.91 Å². The van der Waals surface area contributed by atoms with Crippen LogP contribution in [-0.4, -0.2) is 16.9 Å². The summed E-state index contributed by atoms with van der Waals surface area (Å²) < 4.78 is 0. The Labute approximate surface area is 116 Å². The van der Waals surface area contributed by atoms with Gasteiger partial charge in [0.25, 0.3) is 0 Å². The van der Waals surface area contributed by atoms with Gasteiger partial charge >= 0.3 is 0 Å². The number of para-hydroxylation sites is 1. The molecule has 1 aromatic carbocycles. The van der Waals surface area contributed by atoms with E-state index in [0.717, 1.165) is 5.69 Å². The van der Waals surface area contributed by atoms with E-state index >= 15 is 0 Å². The largest absolute Gasteiger partial charge is 0.374 e. The molecule has 0 saturated heterocycles. The van der Waals surface area contributed by atoms with Gasteiger partial charge in [-0.3, -0.25) is 4.79 Å². The molecular weight excluding hydrogens is 262 g/mol. The molecule has 0 aliphatic carbocycles. The lowest BCUT2D eigenvalue weighted by Gasteiger charge is -2.14. The van der Waals surface area contributed by atoms with Crippen LogP contribution in [0.25, 0.3) is 0 Å². The van der Waals surface area contributed by atoms with Crippen LogP contribution in [0.1, 0.15) is 6.92 Å². The molecule has 98 valence electrons.